The van der Waals surface area contributed by atoms with E-state index in [9.17, 15) is 4.79 Å². The standard InChI is InChI=1S/C29H35NO2/c1-2-3-6-10-24-14-21-28(30-22-24)27-19-17-26(18-20-27)25-15-12-23(13-16-25)9-7-4-5-8-11-29(31)32/h12-22H,2-11H2,1H3,(H,31,32). The van der Waals surface area contributed by atoms with Crippen molar-refractivity contribution in [3.8, 4) is 22.4 Å². The van der Waals surface area contributed by atoms with Gasteiger partial charge in [0.2, 0.25) is 0 Å². The summed E-state index contributed by atoms with van der Waals surface area (Å²) in [5.74, 6) is -0.694. The van der Waals surface area contributed by atoms with Crippen LogP contribution >= 0.6 is 0 Å². The van der Waals surface area contributed by atoms with E-state index in [0.717, 1.165) is 49.8 Å². The molecule has 0 aliphatic carbocycles. The molecule has 0 spiro atoms. The maximum absolute atomic E-state index is 10.5. The smallest absolute Gasteiger partial charge is 0.303 e. The summed E-state index contributed by atoms with van der Waals surface area (Å²) in [6, 6.07) is 21.8. The number of aromatic nitrogens is 1. The molecule has 1 N–H and O–H groups in total. The molecule has 0 unspecified atom stereocenters. The predicted molar refractivity (Wildman–Crippen MR) is 133 cm³/mol. The minimum Gasteiger partial charge on any atom is -0.481 e. The molecule has 0 saturated heterocycles. The fourth-order valence-electron chi connectivity index (χ4n) is 3.98. The summed E-state index contributed by atoms with van der Waals surface area (Å²) in [6.45, 7) is 2.23. The molecule has 3 rings (SSSR count). The Morgan fingerprint density at radius 3 is 1.88 bits per heavy atom. The SMILES string of the molecule is CCCCCc1ccc(-c2ccc(-c3ccc(CCCCCCC(=O)O)cc3)cc2)nc1. The molecule has 0 atom stereocenters. The van der Waals surface area contributed by atoms with Gasteiger partial charge in [0.05, 0.1) is 5.69 Å². The minimum atomic E-state index is -0.694. The number of carboxylic acid groups (broad SMARTS) is 1. The number of hydrogen-bond donors (Lipinski definition) is 1. The first-order valence-corrected chi connectivity index (χ1v) is 12.0. The van der Waals surface area contributed by atoms with E-state index in [4.69, 9.17) is 5.11 Å². The Bertz CT molecular complexity index is 944. The molecule has 3 aromatic rings. The Morgan fingerprint density at radius 1 is 0.688 bits per heavy atom. The topological polar surface area (TPSA) is 50.2 Å². The average Bonchev–Trinajstić information content (AvgIpc) is 2.82. The molecule has 0 amide bonds. The summed E-state index contributed by atoms with van der Waals surface area (Å²) in [5, 5.41) is 8.68. The van der Waals surface area contributed by atoms with Gasteiger partial charge < -0.3 is 5.11 Å². The van der Waals surface area contributed by atoms with Crippen LogP contribution in [-0.2, 0) is 17.6 Å². The lowest BCUT2D eigenvalue weighted by molar-refractivity contribution is -0.137. The van der Waals surface area contributed by atoms with Gasteiger partial charge in [0.25, 0.3) is 0 Å². The normalized spacial score (nSPS) is 10.9. The largest absolute Gasteiger partial charge is 0.481 e. The summed E-state index contributed by atoms with van der Waals surface area (Å²) in [4.78, 5) is 15.2. The van der Waals surface area contributed by atoms with Crippen molar-refractivity contribution in [2.24, 2.45) is 0 Å². The zero-order valence-electron chi connectivity index (χ0n) is 19.2. The predicted octanol–water partition coefficient (Wildman–Crippen LogP) is 7.73. The molecular weight excluding hydrogens is 394 g/mol. The lowest BCUT2D eigenvalue weighted by atomic mass is 9.99. The highest BCUT2D eigenvalue weighted by Gasteiger charge is 2.03. The molecule has 1 aromatic heterocycles. The molecule has 0 saturated carbocycles. The second kappa shape index (κ2) is 12.8. The van der Waals surface area contributed by atoms with Gasteiger partial charge in [-0.1, -0.05) is 87.2 Å². The van der Waals surface area contributed by atoms with E-state index in [-0.39, 0.29) is 6.42 Å². The highest BCUT2D eigenvalue weighted by Crippen LogP contribution is 2.25. The third kappa shape index (κ3) is 7.64. The van der Waals surface area contributed by atoms with Crippen LogP contribution in [0.2, 0.25) is 0 Å². The van der Waals surface area contributed by atoms with E-state index in [1.165, 1.54) is 41.5 Å². The van der Waals surface area contributed by atoms with Gasteiger partial charge in [0.15, 0.2) is 0 Å². The summed E-state index contributed by atoms with van der Waals surface area (Å²) >= 11 is 0. The lowest BCUT2D eigenvalue weighted by Gasteiger charge is -2.07. The lowest BCUT2D eigenvalue weighted by Crippen LogP contribution is -1.94. The molecule has 1 heterocycles. The number of carboxylic acids is 1. The molecule has 0 aliphatic rings. The van der Waals surface area contributed by atoms with Crippen LogP contribution in [-0.4, -0.2) is 16.1 Å². The molecule has 3 heteroatoms. The summed E-state index contributed by atoms with van der Waals surface area (Å²) in [5.41, 5.74) is 7.26. The minimum absolute atomic E-state index is 0.286. The van der Waals surface area contributed by atoms with Crippen molar-refractivity contribution >= 4 is 5.97 Å². The van der Waals surface area contributed by atoms with Crippen LogP contribution in [0.5, 0.6) is 0 Å². The van der Waals surface area contributed by atoms with E-state index < -0.39 is 5.97 Å². The van der Waals surface area contributed by atoms with Gasteiger partial charge in [0.1, 0.15) is 0 Å². The van der Waals surface area contributed by atoms with Crippen LogP contribution in [0.1, 0.15) is 69.4 Å². The summed E-state index contributed by atoms with van der Waals surface area (Å²) in [7, 11) is 0. The van der Waals surface area contributed by atoms with Crippen LogP contribution in [0.25, 0.3) is 22.4 Å². The molecule has 2 aromatic carbocycles. The molecule has 32 heavy (non-hydrogen) atoms. The first-order valence-electron chi connectivity index (χ1n) is 12.0. The van der Waals surface area contributed by atoms with E-state index in [0.29, 0.717) is 0 Å². The summed E-state index contributed by atoms with van der Waals surface area (Å²) in [6.07, 6.45) is 12.2. The van der Waals surface area contributed by atoms with Crippen LogP contribution in [0, 0.1) is 0 Å². The molecule has 0 radical (unpaired) electrons. The number of unbranched alkanes of at least 4 members (excludes halogenated alkanes) is 5. The number of carbonyl (C=O) groups is 1. The number of nitrogens with zero attached hydrogens (tertiary/aromatic N) is 1. The average molecular weight is 430 g/mol. The molecular formula is C29H35NO2. The Kier molecular flexibility index (Phi) is 9.49. The van der Waals surface area contributed by atoms with Crippen molar-refractivity contribution in [3.05, 3.63) is 78.0 Å². The van der Waals surface area contributed by atoms with Crippen molar-refractivity contribution in [3.63, 3.8) is 0 Å². The number of pyridine rings is 1. The number of hydrogen-bond acceptors (Lipinski definition) is 2. The van der Waals surface area contributed by atoms with E-state index >= 15 is 0 Å². The first-order chi connectivity index (χ1) is 15.7. The zero-order chi connectivity index (χ0) is 22.6. The Hall–Kier alpha value is -2.94. The van der Waals surface area contributed by atoms with Gasteiger partial charge in [-0.3, -0.25) is 9.78 Å². The number of benzene rings is 2. The van der Waals surface area contributed by atoms with E-state index in [1.54, 1.807) is 0 Å². The van der Waals surface area contributed by atoms with Crippen LogP contribution < -0.4 is 0 Å². The van der Waals surface area contributed by atoms with Crippen molar-refractivity contribution in [2.45, 2.75) is 71.1 Å². The number of rotatable bonds is 13. The molecule has 0 bridgehead atoms. The fourth-order valence-corrected chi connectivity index (χ4v) is 3.98. The van der Waals surface area contributed by atoms with Crippen molar-refractivity contribution < 1.29 is 9.90 Å². The van der Waals surface area contributed by atoms with Crippen molar-refractivity contribution in [1.29, 1.82) is 0 Å². The Morgan fingerprint density at radius 2 is 1.25 bits per heavy atom. The van der Waals surface area contributed by atoms with Crippen molar-refractivity contribution in [1.82, 2.24) is 4.98 Å². The Labute approximate surface area is 192 Å². The molecule has 0 fully saturated rings. The third-order valence-corrected chi connectivity index (χ3v) is 5.97. The van der Waals surface area contributed by atoms with Gasteiger partial charge in [-0.2, -0.15) is 0 Å². The van der Waals surface area contributed by atoms with Crippen LogP contribution in [0.15, 0.2) is 66.9 Å². The Balaban J connectivity index is 1.50. The van der Waals surface area contributed by atoms with Gasteiger partial charge in [-0.05, 0) is 60.4 Å². The quantitative estimate of drug-likeness (QED) is 0.283. The van der Waals surface area contributed by atoms with Gasteiger partial charge in [0, 0.05) is 18.2 Å². The van der Waals surface area contributed by atoms with Crippen molar-refractivity contribution in [2.75, 3.05) is 0 Å². The molecule has 3 nitrogen and oxygen atoms in total. The summed E-state index contributed by atoms with van der Waals surface area (Å²) < 4.78 is 0. The van der Waals surface area contributed by atoms with Gasteiger partial charge >= 0.3 is 5.97 Å². The highest BCUT2D eigenvalue weighted by atomic mass is 16.4. The number of aliphatic carboxylic acids is 1. The molecule has 168 valence electrons. The second-order valence-corrected chi connectivity index (χ2v) is 8.59. The van der Waals surface area contributed by atoms with Gasteiger partial charge in [-0.15, -0.1) is 0 Å². The second-order valence-electron chi connectivity index (χ2n) is 8.59. The maximum atomic E-state index is 10.5. The van der Waals surface area contributed by atoms with Crippen LogP contribution in [0.3, 0.4) is 0 Å². The number of aryl methyl sites for hydroxylation is 2. The van der Waals surface area contributed by atoms with E-state index in [1.807, 2.05) is 6.20 Å². The first kappa shape index (κ1) is 23.7. The third-order valence-electron chi connectivity index (χ3n) is 5.97. The highest BCUT2D eigenvalue weighted by molar-refractivity contribution is 5.69. The van der Waals surface area contributed by atoms with Crippen LogP contribution in [0.4, 0.5) is 0 Å². The maximum Gasteiger partial charge on any atom is 0.303 e. The monoisotopic (exact) mass is 429 g/mol. The van der Waals surface area contributed by atoms with Gasteiger partial charge in [-0.25, -0.2) is 0 Å². The van der Waals surface area contributed by atoms with E-state index in [2.05, 4.69) is 72.6 Å². The fraction of sp³-hybridized carbons (Fsp3) is 0.379. The zero-order valence-corrected chi connectivity index (χ0v) is 19.2. The molecule has 0 aliphatic heterocycles.